The van der Waals surface area contributed by atoms with Crippen LogP contribution in [0.1, 0.15) is 31.7 Å². The third-order valence-corrected chi connectivity index (χ3v) is 3.00. The average Bonchev–Trinajstić information content (AvgIpc) is 2.83. The van der Waals surface area contributed by atoms with E-state index in [2.05, 4.69) is 22.3 Å². The Kier molecular flexibility index (Phi) is 8.08. The number of rotatable bonds is 6. The molecular formula is C16H20N4O2. The molecule has 0 aliphatic carbocycles. The van der Waals surface area contributed by atoms with E-state index in [1.807, 2.05) is 30.3 Å². The normalized spacial score (nSPS) is 12.7. The van der Waals surface area contributed by atoms with Gasteiger partial charge in [0.2, 0.25) is 0 Å². The van der Waals surface area contributed by atoms with E-state index >= 15 is 0 Å². The molecule has 22 heavy (non-hydrogen) atoms. The van der Waals surface area contributed by atoms with Gasteiger partial charge < -0.3 is 0 Å². The standard InChI is InChI=1S/C11H9NO2.C5H11N3/c13-10-7-9(11(14)12-10)6-8-4-2-1-3-5-8;1-2-3-4-5-7-8-6/h1-5,7H,6H2,(H,12,13,14);2-5H2,1H3. The highest BCUT2D eigenvalue weighted by molar-refractivity contribution is 6.16. The van der Waals surface area contributed by atoms with E-state index in [4.69, 9.17) is 5.53 Å². The number of nitrogens with zero attached hydrogens (tertiary/aromatic N) is 3. The van der Waals surface area contributed by atoms with E-state index in [1.165, 1.54) is 18.9 Å². The van der Waals surface area contributed by atoms with Gasteiger partial charge in [-0.25, -0.2) is 0 Å². The molecule has 0 aromatic heterocycles. The second-order valence-corrected chi connectivity index (χ2v) is 4.81. The molecule has 2 rings (SSSR count). The zero-order chi connectivity index (χ0) is 16.2. The van der Waals surface area contributed by atoms with Crippen LogP contribution in [0.25, 0.3) is 10.4 Å². The summed E-state index contributed by atoms with van der Waals surface area (Å²) < 4.78 is 0. The highest BCUT2D eigenvalue weighted by Gasteiger charge is 2.20. The van der Waals surface area contributed by atoms with Gasteiger partial charge in [-0.2, -0.15) is 0 Å². The Hall–Kier alpha value is -2.59. The molecule has 1 heterocycles. The first-order valence-corrected chi connectivity index (χ1v) is 7.28. The SMILES string of the molecule is CCCCCN=[N+]=[N-].O=C1C=C(Cc2ccccc2)C(=O)N1. The molecule has 0 bridgehead atoms. The first-order chi connectivity index (χ1) is 10.7. The molecule has 1 aromatic carbocycles. The second-order valence-electron chi connectivity index (χ2n) is 4.81. The van der Waals surface area contributed by atoms with Crippen LogP contribution in [0, 0.1) is 0 Å². The Balaban J connectivity index is 0.000000261. The van der Waals surface area contributed by atoms with Crippen LogP contribution in [0.2, 0.25) is 0 Å². The summed E-state index contributed by atoms with van der Waals surface area (Å²) in [6, 6.07) is 9.58. The van der Waals surface area contributed by atoms with Crippen molar-refractivity contribution in [2.24, 2.45) is 5.11 Å². The number of hydrogen-bond donors (Lipinski definition) is 1. The molecule has 0 atom stereocenters. The van der Waals surface area contributed by atoms with Crippen LogP contribution in [0.3, 0.4) is 0 Å². The predicted molar refractivity (Wildman–Crippen MR) is 84.9 cm³/mol. The molecule has 2 amide bonds. The Bertz CT molecular complexity index is 575. The van der Waals surface area contributed by atoms with Gasteiger partial charge in [0.1, 0.15) is 0 Å². The number of imide groups is 1. The zero-order valence-corrected chi connectivity index (χ0v) is 12.7. The minimum Gasteiger partial charge on any atom is -0.289 e. The fraction of sp³-hybridized carbons (Fsp3) is 0.375. The Morgan fingerprint density at radius 1 is 1.18 bits per heavy atom. The monoisotopic (exact) mass is 300 g/mol. The highest BCUT2D eigenvalue weighted by Crippen LogP contribution is 2.10. The van der Waals surface area contributed by atoms with Crippen molar-refractivity contribution in [2.45, 2.75) is 32.6 Å². The molecule has 0 spiro atoms. The van der Waals surface area contributed by atoms with Crippen LogP contribution < -0.4 is 5.32 Å². The van der Waals surface area contributed by atoms with Crippen LogP contribution in [-0.2, 0) is 16.0 Å². The van der Waals surface area contributed by atoms with Crippen molar-refractivity contribution in [3.63, 3.8) is 0 Å². The number of amides is 2. The van der Waals surface area contributed by atoms with Gasteiger partial charge in [-0.05, 0) is 17.5 Å². The van der Waals surface area contributed by atoms with Crippen molar-refractivity contribution >= 4 is 11.8 Å². The third kappa shape index (κ3) is 6.72. The van der Waals surface area contributed by atoms with E-state index in [0.29, 0.717) is 18.5 Å². The average molecular weight is 300 g/mol. The van der Waals surface area contributed by atoms with E-state index < -0.39 is 0 Å². The van der Waals surface area contributed by atoms with Gasteiger partial charge in [0, 0.05) is 29.5 Å². The fourth-order valence-electron chi connectivity index (χ4n) is 1.88. The highest BCUT2D eigenvalue weighted by atomic mass is 16.2. The smallest absolute Gasteiger partial charge is 0.254 e. The number of carbonyl (C=O) groups excluding carboxylic acids is 2. The topological polar surface area (TPSA) is 94.9 Å². The van der Waals surface area contributed by atoms with Gasteiger partial charge in [-0.15, -0.1) is 0 Å². The third-order valence-electron chi connectivity index (χ3n) is 3.00. The largest absolute Gasteiger partial charge is 0.289 e. The van der Waals surface area contributed by atoms with E-state index in [1.54, 1.807) is 0 Å². The summed E-state index contributed by atoms with van der Waals surface area (Å²) in [5, 5.41) is 5.61. The first-order valence-electron chi connectivity index (χ1n) is 7.28. The Morgan fingerprint density at radius 2 is 1.91 bits per heavy atom. The molecule has 0 fully saturated rings. The number of benzene rings is 1. The molecule has 1 aromatic rings. The van der Waals surface area contributed by atoms with Gasteiger partial charge in [-0.3, -0.25) is 14.9 Å². The van der Waals surface area contributed by atoms with Crippen molar-refractivity contribution < 1.29 is 9.59 Å². The number of carbonyl (C=O) groups is 2. The van der Waals surface area contributed by atoms with Gasteiger partial charge in [-0.1, -0.05) is 55.2 Å². The fourth-order valence-corrected chi connectivity index (χ4v) is 1.88. The molecule has 6 heteroatoms. The lowest BCUT2D eigenvalue weighted by molar-refractivity contribution is -0.123. The Labute approximate surface area is 129 Å². The maximum atomic E-state index is 11.2. The van der Waals surface area contributed by atoms with Crippen molar-refractivity contribution in [1.29, 1.82) is 0 Å². The maximum absolute atomic E-state index is 11.2. The van der Waals surface area contributed by atoms with Gasteiger partial charge >= 0.3 is 0 Å². The number of nitrogens with one attached hydrogen (secondary N) is 1. The molecule has 0 unspecified atom stereocenters. The molecule has 0 saturated carbocycles. The first kappa shape index (κ1) is 17.5. The molecule has 6 nitrogen and oxygen atoms in total. The van der Waals surface area contributed by atoms with Gasteiger partial charge in [0.15, 0.2) is 0 Å². The van der Waals surface area contributed by atoms with Crippen molar-refractivity contribution in [3.05, 3.63) is 58.0 Å². The van der Waals surface area contributed by atoms with Crippen LogP contribution >= 0.6 is 0 Å². The summed E-state index contributed by atoms with van der Waals surface area (Å²) in [7, 11) is 0. The van der Waals surface area contributed by atoms with Gasteiger partial charge in [0.25, 0.3) is 11.8 Å². The molecule has 116 valence electrons. The molecule has 1 aliphatic heterocycles. The second kappa shape index (κ2) is 10.2. The lowest BCUT2D eigenvalue weighted by atomic mass is 10.1. The summed E-state index contributed by atoms with van der Waals surface area (Å²) in [5.74, 6) is -0.597. The van der Waals surface area contributed by atoms with E-state index in [-0.39, 0.29) is 11.8 Å². The molecule has 0 saturated heterocycles. The molecular weight excluding hydrogens is 280 g/mol. The summed E-state index contributed by atoms with van der Waals surface area (Å²) >= 11 is 0. The number of azide groups is 1. The van der Waals surface area contributed by atoms with Crippen LogP contribution in [0.15, 0.2) is 47.1 Å². The minimum atomic E-state index is -0.319. The Morgan fingerprint density at radius 3 is 2.45 bits per heavy atom. The van der Waals surface area contributed by atoms with Crippen molar-refractivity contribution in [1.82, 2.24) is 5.32 Å². The predicted octanol–water partition coefficient (Wildman–Crippen LogP) is 3.30. The van der Waals surface area contributed by atoms with Crippen LogP contribution in [0.5, 0.6) is 0 Å². The van der Waals surface area contributed by atoms with Crippen LogP contribution in [-0.4, -0.2) is 18.4 Å². The van der Waals surface area contributed by atoms with Crippen molar-refractivity contribution in [2.75, 3.05) is 6.54 Å². The molecule has 1 N–H and O–H groups in total. The van der Waals surface area contributed by atoms with E-state index in [0.717, 1.165) is 12.0 Å². The minimum absolute atomic E-state index is 0.279. The lowest BCUT2D eigenvalue weighted by Gasteiger charge is -1.99. The summed E-state index contributed by atoms with van der Waals surface area (Å²) in [6.45, 7) is 2.78. The molecule has 0 radical (unpaired) electrons. The summed E-state index contributed by atoms with van der Waals surface area (Å²) in [4.78, 5) is 24.7. The number of unbranched alkanes of at least 4 members (excludes halogenated alkanes) is 2. The molecule has 1 aliphatic rings. The summed E-state index contributed by atoms with van der Waals surface area (Å²) in [6.07, 6.45) is 5.24. The zero-order valence-electron chi connectivity index (χ0n) is 12.7. The van der Waals surface area contributed by atoms with Gasteiger partial charge in [0.05, 0.1) is 0 Å². The lowest BCUT2D eigenvalue weighted by Crippen LogP contribution is -2.22. The van der Waals surface area contributed by atoms with Crippen molar-refractivity contribution in [3.8, 4) is 0 Å². The van der Waals surface area contributed by atoms with Crippen LogP contribution in [0.4, 0.5) is 0 Å². The maximum Gasteiger partial charge on any atom is 0.254 e. The quantitative estimate of drug-likeness (QED) is 0.287. The summed E-state index contributed by atoms with van der Waals surface area (Å²) in [5.41, 5.74) is 9.38. The number of hydrogen-bond acceptors (Lipinski definition) is 3. The van der Waals surface area contributed by atoms with E-state index in [9.17, 15) is 9.59 Å².